The lowest BCUT2D eigenvalue weighted by Crippen LogP contribution is -2.38. The summed E-state index contributed by atoms with van der Waals surface area (Å²) in [6.45, 7) is 6.92. The van der Waals surface area contributed by atoms with Gasteiger partial charge in [0.15, 0.2) is 5.13 Å². The van der Waals surface area contributed by atoms with Crippen molar-refractivity contribution in [3.63, 3.8) is 0 Å². The molecule has 0 unspecified atom stereocenters. The molecule has 1 aromatic rings. The first-order chi connectivity index (χ1) is 12.1. The number of hydrogen-bond acceptors (Lipinski definition) is 4. The normalized spacial score (nSPS) is 10.7. The summed E-state index contributed by atoms with van der Waals surface area (Å²) in [5.41, 5.74) is 0. The zero-order valence-electron chi connectivity index (χ0n) is 16.0. The molecule has 142 valence electrons. The molecule has 1 heterocycles. The first-order valence-corrected chi connectivity index (χ1v) is 10.4. The Morgan fingerprint density at radius 1 is 1.08 bits per heavy atom. The lowest BCUT2D eigenvalue weighted by Gasteiger charge is -2.21. The van der Waals surface area contributed by atoms with E-state index in [1.807, 2.05) is 13.8 Å². The van der Waals surface area contributed by atoms with Crippen molar-refractivity contribution in [3.8, 4) is 0 Å². The van der Waals surface area contributed by atoms with Gasteiger partial charge in [-0.1, -0.05) is 52.4 Å². The van der Waals surface area contributed by atoms with Crippen LogP contribution in [0.1, 0.15) is 76.5 Å². The lowest BCUT2D eigenvalue weighted by molar-refractivity contribution is -0.134. The van der Waals surface area contributed by atoms with Gasteiger partial charge in [-0.05, 0) is 19.8 Å². The number of amides is 2. The highest BCUT2D eigenvalue weighted by Gasteiger charge is 2.16. The van der Waals surface area contributed by atoms with Gasteiger partial charge >= 0.3 is 0 Å². The van der Waals surface area contributed by atoms with Gasteiger partial charge < -0.3 is 10.2 Å². The molecule has 0 aliphatic rings. The Morgan fingerprint density at radius 3 is 2.36 bits per heavy atom. The van der Waals surface area contributed by atoms with E-state index in [9.17, 15) is 9.59 Å². The van der Waals surface area contributed by atoms with Crippen LogP contribution in [0.25, 0.3) is 0 Å². The SMILES string of the molecule is CCCCCCCCCC(=O)N(CCC)CC(=O)Nc1ncc(C)s1. The van der Waals surface area contributed by atoms with Crippen LogP contribution in [0.5, 0.6) is 0 Å². The molecule has 0 saturated carbocycles. The molecule has 2 amide bonds. The van der Waals surface area contributed by atoms with Crippen molar-refractivity contribution >= 4 is 28.3 Å². The maximum Gasteiger partial charge on any atom is 0.245 e. The number of aromatic nitrogens is 1. The van der Waals surface area contributed by atoms with Crippen LogP contribution in [0.2, 0.25) is 0 Å². The highest BCUT2D eigenvalue weighted by molar-refractivity contribution is 7.15. The Labute approximate surface area is 156 Å². The molecule has 0 spiro atoms. The van der Waals surface area contributed by atoms with Crippen molar-refractivity contribution in [3.05, 3.63) is 11.1 Å². The Morgan fingerprint density at radius 2 is 1.76 bits per heavy atom. The van der Waals surface area contributed by atoms with Crippen molar-refractivity contribution in [1.29, 1.82) is 0 Å². The number of aryl methyl sites for hydroxylation is 1. The fraction of sp³-hybridized carbons (Fsp3) is 0.737. The average molecular weight is 368 g/mol. The largest absolute Gasteiger partial charge is 0.333 e. The summed E-state index contributed by atoms with van der Waals surface area (Å²) in [5.74, 6) is -0.0865. The summed E-state index contributed by atoms with van der Waals surface area (Å²) in [7, 11) is 0. The van der Waals surface area contributed by atoms with E-state index < -0.39 is 0 Å². The molecular weight excluding hydrogens is 334 g/mol. The summed E-state index contributed by atoms with van der Waals surface area (Å²) >= 11 is 1.44. The predicted molar refractivity (Wildman–Crippen MR) is 105 cm³/mol. The Bertz CT molecular complexity index is 517. The number of rotatable bonds is 13. The van der Waals surface area contributed by atoms with Crippen LogP contribution < -0.4 is 5.32 Å². The van der Waals surface area contributed by atoms with Gasteiger partial charge in [-0.15, -0.1) is 11.3 Å². The molecule has 1 rings (SSSR count). The van der Waals surface area contributed by atoms with E-state index in [1.165, 1.54) is 43.4 Å². The molecule has 0 bridgehead atoms. The predicted octanol–water partition coefficient (Wildman–Crippen LogP) is 4.77. The number of nitrogens with zero attached hydrogens (tertiary/aromatic N) is 2. The second-order valence-electron chi connectivity index (χ2n) is 6.51. The van der Waals surface area contributed by atoms with Crippen molar-refractivity contribution in [2.24, 2.45) is 0 Å². The molecule has 0 aliphatic carbocycles. The van der Waals surface area contributed by atoms with Crippen LogP contribution in [-0.2, 0) is 9.59 Å². The molecule has 1 aromatic heterocycles. The Balaban J connectivity index is 2.31. The van der Waals surface area contributed by atoms with Crippen LogP contribution in [0.3, 0.4) is 0 Å². The van der Waals surface area contributed by atoms with Crippen LogP contribution in [0, 0.1) is 6.92 Å². The van der Waals surface area contributed by atoms with E-state index in [-0.39, 0.29) is 18.4 Å². The highest BCUT2D eigenvalue weighted by atomic mass is 32.1. The fourth-order valence-electron chi connectivity index (χ4n) is 2.70. The molecule has 5 nitrogen and oxygen atoms in total. The standard InChI is InChI=1S/C19H33N3O2S/c1-4-6-7-8-9-10-11-12-18(24)22(13-5-2)15-17(23)21-19-20-14-16(3)25-19/h14H,4-13,15H2,1-3H3,(H,20,21,23). The third-order valence-electron chi connectivity index (χ3n) is 4.04. The minimum Gasteiger partial charge on any atom is -0.333 e. The van der Waals surface area contributed by atoms with Gasteiger partial charge in [0.1, 0.15) is 0 Å². The van der Waals surface area contributed by atoms with E-state index >= 15 is 0 Å². The van der Waals surface area contributed by atoms with E-state index in [2.05, 4.69) is 17.2 Å². The summed E-state index contributed by atoms with van der Waals surface area (Å²) in [6.07, 6.45) is 11.5. The number of carbonyl (C=O) groups is 2. The van der Waals surface area contributed by atoms with Crippen molar-refractivity contribution in [1.82, 2.24) is 9.88 Å². The minimum atomic E-state index is -0.171. The quantitative estimate of drug-likeness (QED) is 0.511. The van der Waals surface area contributed by atoms with Gasteiger partial charge in [0.05, 0.1) is 6.54 Å². The smallest absolute Gasteiger partial charge is 0.245 e. The topological polar surface area (TPSA) is 62.3 Å². The maximum absolute atomic E-state index is 12.4. The van der Waals surface area contributed by atoms with Gasteiger partial charge in [-0.25, -0.2) is 4.98 Å². The zero-order chi connectivity index (χ0) is 18.5. The first-order valence-electron chi connectivity index (χ1n) is 9.56. The summed E-state index contributed by atoms with van der Waals surface area (Å²) in [6, 6.07) is 0. The van der Waals surface area contributed by atoms with Crippen LogP contribution in [0.4, 0.5) is 5.13 Å². The molecule has 0 fully saturated rings. The third-order valence-corrected chi connectivity index (χ3v) is 4.87. The van der Waals surface area contributed by atoms with Crippen molar-refractivity contribution < 1.29 is 9.59 Å². The Hall–Kier alpha value is -1.43. The molecule has 6 heteroatoms. The second kappa shape index (κ2) is 12.9. The molecule has 0 atom stereocenters. The fourth-order valence-corrected chi connectivity index (χ4v) is 3.38. The summed E-state index contributed by atoms with van der Waals surface area (Å²) in [4.78, 5) is 31.4. The minimum absolute atomic E-state index is 0.0841. The zero-order valence-corrected chi connectivity index (χ0v) is 16.8. The molecule has 0 aromatic carbocycles. The van der Waals surface area contributed by atoms with Crippen LogP contribution >= 0.6 is 11.3 Å². The number of nitrogens with one attached hydrogen (secondary N) is 1. The average Bonchev–Trinajstić information content (AvgIpc) is 2.98. The van der Waals surface area contributed by atoms with Crippen molar-refractivity contribution in [2.75, 3.05) is 18.4 Å². The number of unbranched alkanes of at least 4 members (excludes halogenated alkanes) is 6. The summed E-state index contributed by atoms with van der Waals surface area (Å²) in [5, 5.41) is 3.37. The number of thiazole rings is 1. The van der Waals surface area contributed by atoms with E-state index in [0.29, 0.717) is 18.1 Å². The van der Waals surface area contributed by atoms with E-state index in [0.717, 1.165) is 24.1 Å². The van der Waals surface area contributed by atoms with Crippen LogP contribution in [0.15, 0.2) is 6.20 Å². The number of carbonyl (C=O) groups excluding carboxylic acids is 2. The van der Waals surface area contributed by atoms with Gasteiger partial charge in [0.25, 0.3) is 0 Å². The molecular formula is C19H33N3O2S. The van der Waals surface area contributed by atoms with E-state index in [4.69, 9.17) is 0 Å². The molecule has 0 aliphatic heterocycles. The van der Waals surface area contributed by atoms with Gasteiger partial charge in [-0.2, -0.15) is 0 Å². The summed E-state index contributed by atoms with van der Waals surface area (Å²) < 4.78 is 0. The maximum atomic E-state index is 12.4. The third kappa shape index (κ3) is 9.58. The molecule has 0 radical (unpaired) electrons. The second-order valence-corrected chi connectivity index (χ2v) is 7.75. The molecule has 1 N–H and O–H groups in total. The lowest BCUT2D eigenvalue weighted by atomic mass is 10.1. The monoisotopic (exact) mass is 367 g/mol. The van der Waals surface area contributed by atoms with Gasteiger partial charge in [-0.3, -0.25) is 9.59 Å². The first kappa shape index (κ1) is 21.6. The Kier molecular flexibility index (Phi) is 11.1. The number of anilines is 1. The van der Waals surface area contributed by atoms with Gasteiger partial charge in [0.2, 0.25) is 11.8 Å². The molecule has 0 saturated heterocycles. The number of hydrogen-bond donors (Lipinski definition) is 1. The van der Waals surface area contributed by atoms with E-state index in [1.54, 1.807) is 11.1 Å². The molecule has 25 heavy (non-hydrogen) atoms. The van der Waals surface area contributed by atoms with Crippen LogP contribution in [-0.4, -0.2) is 34.8 Å². The highest BCUT2D eigenvalue weighted by Crippen LogP contribution is 2.16. The van der Waals surface area contributed by atoms with Gasteiger partial charge in [0, 0.05) is 24.0 Å². The van der Waals surface area contributed by atoms with Crippen molar-refractivity contribution in [2.45, 2.75) is 78.6 Å².